The van der Waals surface area contributed by atoms with Gasteiger partial charge in [0.2, 0.25) is 0 Å². The van der Waals surface area contributed by atoms with Gasteiger partial charge in [-0.1, -0.05) is 351 Å². The van der Waals surface area contributed by atoms with Gasteiger partial charge in [-0.3, -0.25) is 9.59 Å². The van der Waals surface area contributed by atoms with Crippen LogP contribution >= 0.6 is 0 Å². The third kappa shape index (κ3) is 85.2. The van der Waals surface area contributed by atoms with Crippen molar-refractivity contribution in [3.63, 3.8) is 0 Å². The maximum Gasteiger partial charge on any atom is 0.333 e. The Kier molecular flexibility index (Phi) is 94.0. The third-order valence-electron chi connectivity index (χ3n) is 23.4. The van der Waals surface area contributed by atoms with Crippen LogP contribution in [0.4, 0.5) is 0 Å². The smallest absolute Gasteiger partial charge is 0.333 e. The molecule has 0 spiro atoms. The summed E-state index contributed by atoms with van der Waals surface area (Å²) < 4.78 is 50.2. The molecule has 0 rings (SSSR count). The molecule has 0 fully saturated rings. The first kappa shape index (κ1) is 117. The highest BCUT2D eigenvalue weighted by molar-refractivity contribution is 6.64. The van der Waals surface area contributed by atoms with Gasteiger partial charge in [-0.05, 0) is 207 Å². The lowest BCUT2D eigenvalue weighted by molar-refractivity contribution is -0.150. The van der Waals surface area contributed by atoms with Crippen LogP contribution in [0, 0.1) is 11.8 Å². The maximum absolute atomic E-state index is 13.0. The molecule has 2 N–H and O–H groups in total. The molecule has 0 aliphatic carbocycles. The number of rotatable bonds is 96. The SMILES string of the molecule is CCCCCCCCCC(OCCCCCC)O[Si](C)(C)OCCCCCCN(CCCCO)CCCCCCOC(=O)C(CCCCCC)CCCCCCCC.CCCCCCCCCC(OCCCCCC)O[Si](C)(C)OCCCCCCN(CCCCO)CCCCCCOC(=O)C(CCCCCC)CCCCCCCC. The molecule has 0 saturated carbocycles. The standard InChI is InChI=1S/2C50H103NO6Si/c2*1-7-11-15-19-21-23-30-40-49(54-45-35-18-14-10-4)57-58(5,6)56-47-37-27-25-32-42-51(43-33-34-44-52)41-31-24-26-36-46-55-50(53)48(38-28-17-13-9-3)39-29-22-20-16-12-8-2/h2*48-49,52H,7-47H2,1-6H3. The lowest BCUT2D eigenvalue weighted by atomic mass is 9.94. The fraction of sp³-hybridized carbons (Fsp3) is 0.980. The van der Waals surface area contributed by atoms with Crippen molar-refractivity contribution in [2.24, 2.45) is 11.8 Å². The lowest BCUT2D eigenvalue weighted by Gasteiger charge is -2.29. The molecule has 0 aromatic rings. The predicted octanol–water partition coefficient (Wildman–Crippen LogP) is 29.7. The monoisotopic (exact) mass is 1680 g/mol. The largest absolute Gasteiger partial charge is 0.465 e. The molecule has 0 bridgehead atoms. The van der Waals surface area contributed by atoms with Crippen LogP contribution in [-0.4, -0.2) is 154 Å². The van der Waals surface area contributed by atoms with E-state index in [4.69, 9.17) is 36.7 Å². The van der Waals surface area contributed by atoms with Gasteiger partial charge in [0.1, 0.15) is 12.6 Å². The Hall–Kier alpha value is -1.03. The Morgan fingerprint density at radius 3 is 0.707 bits per heavy atom. The van der Waals surface area contributed by atoms with Crippen molar-refractivity contribution in [3.05, 3.63) is 0 Å². The highest BCUT2D eigenvalue weighted by Gasteiger charge is 2.31. The number of nitrogens with zero attached hydrogens (tertiary/aromatic N) is 2. The number of carbonyl (C=O) groups excluding carboxylic acids is 2. The van der Waals surface area contributed by atoms with Crippen LogP contribution in [0.15, 0.2) is 0 Å². The molecule has 0 aliphatic heterocycles. The van der Waals surface area contributed by atoms with Crippen LogP contribution in [0.25, 0.3) is 0 Å². The molecular formula is C100H206N2O12Si2. The molecule has 0 aromatic heterocycles. The summed E-state index contributed by atoms with van der Waals surface area (Å²) >= 11 is 0. The average Bonchev–Trinajstić information content (AvgIpc) is 0.903. The van der Waals surface area contributed by atoms with Gasteiger partial charge in [-0.25, -0.2) is 0 Å². The molecule has 0 saturated heterocycles. The van der Waals surface area contributed by atoms with E-state index in [1.54, 1.807) is 0 Å². The van der Waals surface area contributed by atoms with Crippen molar-refractivity contribution in [2.45, 2.75) is 531 Å². The highest BCUT2D eigenvalue weighted by Crippen LogP contribution is 2.26. The number of ether oxygens (including phenoxy) is 4. The van der Waals surface area contributed by atoms with E-state index in [0.717, 1.165) is 207 Å². The van der Waals surface area contributed by atoms with Crippen LogP contribution in [0.3, 0.4) is 0 Å². The number of hydrogen-bond acceptors (Lipinski definition) is 14. The number of unbranched alkanes of at least 4 members (excludes halogenated alkanes) is 48. The summed E-state index contributed by atoms with van der Waals surface area (Å²) in [5.41, 5.74) is 0. The van der Waals surface area contributed by atoms with Crippen LogP contribution in [0.5, 0.6) is 0 Å². The zero-order valence-corrected chi connectivity index (χ0v) is 82.2. The van der Waals surface area contributed by atoms with Crippen LogP contribution in [0.2, 0.25) is 26.2 Å². The van der Waals surface area contributed by atoms with E-state index in [2.05, 4.69) is 91.4 Å². The molecule has 4 atom stereocenters. The number of hydrogen-bond donors (Lipinski definition) is 2. The zero-order valence-electron chi connectivity index (χ0n) is 80.2. The Morgan fingerprint density at radius 2 is 0.440 bits per heavy atom. The summed E-state index contributed by atoms with van der Waals surface area (Å²) in [6.45, 7) is 38.3. The zero-order chi connectivity index (χ0) is 85.3. The summed E-state index contributed by atoms with van der Waals surface area (Å²) in [7, 11) is -4.53. The molecule has 0 aromatic carbocycles. The summed E-state index contributed by atoms with van der Waals surface area (Å²) in [6, 6.07) is 0. The van der Waals surface area contributed by atoms with Crippen LogP contribution in [-0.2, 0) is 46.2 Å². The number of aliphatic hydroxyl groups is 2. The Labute approximate surface area is 725 Å². The van der Waals surface area contributed by atoms with Crippen molar-refractivity contribution >= 4 is 29.1 Å². The average molecular weight is 1680 g/mol. The second-order valence-corrected chi connectivity index (χ2v) is 42.7. The fourth-order valence-corrected chi connectivity index (χ4v) is 18.8. The molecule has 4 unspecified atom stereocenters. The van der Waals surface area contributed by atoms with E-state index >= 15 is 0 Å². The minimum absolute atomic E-state index is 0.0617. The lowest BCUT2D eigenvalue weighted by Crippen LogP contribution is -2.40. The van der Waals surface area contributed by atoms with Gasteiger partial charge in [0.25, 0.3) is 0 Å². The molecule has 16 heteroatoms. The van der Waals surface area contributed by atoms with E-state index in [-0.39, 0.29) is 49.6 Å². The normalized spacial score (nSPS) is 13.1. The minimum Gasteiger partial charge on any atom is -0.465 e. The predicted molar refractivity (Wildman–Crippen MR) is 504 cm³/mol. The molecule has 0 amide bonds. The Morgan fingerprint density at radius 1 is 0.241 bits per heavy atom. The van der Waals surface area contributed by atoms with Gasteiger partial charge in [-0.15, -0.1) is 0 Å². The first-order chi connectivity index (χ1) is 56.7. The highest BCUT2D eigenvalue weighted by atomic mass is 28.4. The Bertz CT molecular complexity index is 1800. The first-order valence-electron chi connectivity index (χ1n) is 51.5. The second kappa shape index (κ2) is 93.1. The van der Waals surface area contributed by atoms with Crippen molar-refractivity contribution in [1.29, 1.82) is 0 Å². The number of esters is 2. The number of aliphatic hydroxyl groups excluding tert-OH is 2. The van der Waals surface area contributed by atoms with Crippen molar-refractivity contribution in [1.82, 2.24) is 9.80 Å². The summed E-state index contributed by atoms with van der Waals surface area (Å²) in [5.74, 6) is 0.314. The minimum atomic E-state index is -2.27. The molecule has 0 radical (unpaired) electrons. The molecular weight excluding hydrogens is 1480 g/mol. The topological polar surface area (TPSA) is 155 Å². The van der Waals surface area contributed by atoms with E-state index in [0.29, 0.717) is 13.2 Å². The van der Waals surface area contributed by atoms with Gasteiger partial charge in [0.15, 0.2) is 0 Å². The number of carbonyl (C=O) groups is 2. The van der Waals surface area contributed by atoms with Crippen molar-refractivity contribution in [3.8, 4) is 0 Å². The second-order valence-electron chi connectivity index (χ2n) is 36.0. The molecule has 116 heavy (non-hydrogen) atoms. The van der Waals surface area contributed by atoms with Crippen LogP contribution in [0.1, 0.15) is 492 Å². The molecule has 696 valence electrons. The maximum atomic E-state index is 13.0. The van der Waals surface area contributed by atoms with E-state index in [9.17, 15) is 19.8 Å². The first-order valence-corrected chi connectivity index (χ1v) is 57.2. The van der Waals surface area contributed by atoms with Crippen LogP contribution < -0.4 is 0 Å². The van der Waals surface area contributed by atoms with Gasteiger partial charge < -0.3 is 56.7 Å². The summed E-state index contributed by atoms with van der Waals surface area (Å²) in [4.78, 5) is 31.2. The van der Waals surface area contributed by atoms with E-state index in [1.807, 2.05) is 0 Å². The summed E-state index contributed by atoms with van der Waals surface area (Å²) in [5, 5.41) is 18.7. The third-order valence-corrected chi connectivity index (χ3v) is 26.9. The summed E-state index contributed by atoms with van der Waals surface area (Å²) in [6.07, 6.45) is 80.8. The fourth-order valence-electron chi connectivity index (χ4n) is 15.8. The van der Waals surface area contributed by atoms with Gasteiger partial charge >= 0.3 is 29.1 Å². The molecule has 0 heterocycles. The van der Waals surface area contributed by atoms with Gasteiger partial charge in [-0.2, -0.15) is 0 Å². The Balaban J connectivity index is 0. The molecule has 14 nitrogen and oxygen atoms in total. The van der Waals surface area contributed by atoms with Crippen molar-refractivity contribution in [2.75, 3.05) is 92.1 Å². The quantitative estimate of drug-likeness (QED) is 0.0257. The van der Waals surface area contributed by atoms with Gasteiger partial charge in [0.05, 0.1) is 25.0 Å². The van der Waals surface area contributed by atoms with E-state index < -0.39 is 17.1 Å². The van der Waals surface area contributed by atoms with Gasteiger partial charge in [0, 0.05) is 39.6 Å². The van der Waals surface area contributed by atoms with Crippen molar-refractivity contribution < 1.29 is 56.5 Å². The molecule has 0 aliphatic rings. The van der Waals surface area contributed by atoms with E-state index in [1.165, 1.54) is 295 Å².